The average molecular weight is 557 g/mol. The number of rotatable bonds is 29. The molecule has 0 spiro atoms. The van der Waals surface area contributed by atoms with Crippen LogP contribution in [0.3, 0.4) is 0 Å². The molecule has 0 aromatic carbocycles. The van der Waals surface area contributed by atoms with Crippen molar-refractivity contribution in [1.29, 1.82) is 0 Å². The zero-order valence-electron chi connectivity index (χ0n) is 24.4. The quantitative estimate of drug-likeness (QED) is 0.0674. The van der Waals surface area contributed by atoms with Gasteiger partial charge < -0.3 is 20.4 Å². The lowest BCUT2D eigenvalue weighted by Crippen LogP contribution is -2.10. The minimum absolute atomic E-state index is 0.192. The normalized spacial score (nSPS) is 13.6. The number of unbranched alkanes of at least 4 members (excludes halogenated alkanes) is 4. The molecule has 0 bridgehead atoms. The van der Waals surface area contributed by atoms with Gasteiger partial charge >= 0.3 is 23.9 Å². The van der Waals surface area contributed by atoms with Crippen molar-refractivity contribution in [2.45, 2.75) is 155 Å². The van der Waals surface area contributed by atoms with Crippen molar-refractivity contribution in [3.8, 4) is 0 Å². The third-order valence-corrected chi connectivity index (χ3v) is 7.92. The van der Waals surface area contributed by atoms with Gasteiger partial charge in [-0.3, -0.25) is 19.2 Å². The van der Waals surface area contributed by atoms with E-state index in [1.165, 1.54) is 0 Å². The van der Waals surface area contributed by atoms with Crippen molar-refractivity contribution in [3.63, 3.8) is 0 Å². The predicted molar refractivity (Wildman–Crippen MR) is 153 cm³/mol. The van der Waals surface area contributed by atoms with Crippen LogP contribution in [0.5, 0.6) is 0 Å². The molecule has 0 aliphatic rings. The molecule has 0 saturated carbocycles. The molecule has 8 heteroatoms. The number of aliphatic carboxylic acids is 4. The molecule has 0 amide bonds. The van der Waals surface area contributed by atoms with Crippen molar-refractivity contribution in [2.24, 2.45) is 17.8 Å². The van der Waals surface area contributed by atoms with Crippen LogP contribution in [0.4, 0.5) is 0 Å². The van der Waals surface area contributed by atoms with E-state index in [1.54, 1.807) is 0 Å². The van der Waals surface area contributed by atoms with Gasteiger partial charge in [-0.05, 0) is 62.7 Å². The van der Waals surface area contributed by atoms with Crippen LogP contribution in [0, 0.1) is 17.8 Å². The van der Waals surface area contributed by atoms with Crippen molar-refractivity contribution in [3.05, 3.63) is 0 Å². The number of carboxylic acids is 4. The highest BCUT2D eigenvalue weighted by molar-refractivity contribution is 5.67. The van der Waals surface area contributed by atoms with Gasteiger partial charge in [0.1, 0.15) is 0 Å². The summed E-state index contributed by atoms with van der Waals surface area (Å²) in [4.78, 5) is 43.6. The van der Waals surface area contributed by atoms with Crippen LogP contribution in [-0.4, -0.2) is 44.3 Å². The third-order valence-electron chi connectivity index (χ3n) is 7.92. The standard InChI is InChI=1S/C31H56O8/c1-2-12-25(16-9-20-29(34)35)23-24-27(18-11-22-31(38)39)15-8-14-26(17-10-21-30(36)37)13-6-4-3-5-7-19-28(32)33/h25-27H,2-24H2,1H3,(H,32,33)(H,34,35)(H,36,37)(H,38,39). The molecule has 39 heavy (non-hydrogen) atoms. The Balaban J connectivity index is 4.76. The highest BCUT2D eigenvalue weighted by Gasteiger charge is 2.17. The zero-order chi connectivity index (χ0) is 29.3. The molecule has 3 atom stereocenters. The highest BCUT2D eigenvalue weighted by atomic mass is 16.4. The van der Waals surface area contributed by atoms with Gasteiger partial charge in [-0.15, -0.1) is 0 Å². The fourth-order valence-electron chi connectivity index (χ4n) is 5.74. The van der Waals surface area contributed by atoms with Gasteiger partial charge in [-0.1, -0.05) is 84.0 Å². The summed E-state index contributed by atoms with van der Waals surface area (Å²) in [6.07, 6.45) is 19.1. The summed E-state index contributed by atoms with van der Waals surface area (Å²) in [5, 5.41) is 35.8. The van der Waals surface area contributed by atoms with Gasteiger partial charge in [0.2, 0.25) is 0 Å². The van der Waals surface area contributed by atoms with Crippen molar-refractivity contribution >= 4 is 23.9 Å². The minimum Gasteiger partial charge on any atom is -0.481 e. The molecule has 0 fully saturated rings. The number of hydrogen-bond acceptors (Lipinski definition) is 4. The highest BCUT2D eigenvalue weighted by Crippen LogP contribution is 2.30. The van der Waals surface area contributed by atoms with Crippen LogP contribution in [0.25, 0.3) is 0 Å². The molecule has 0 heterocycles. The molecular formula is C31H56O8. The smallest absolute Gasteiger partial charge is 0.303 e. The molecule has 0 aromatic rings. The Kier molecular flexibility index (Phi) is 23.5. The molecule has 0 aromatic heterocycles. The minimum atomic E-state index is -0.757. The van der Waals surface area contributed by atoms with Gasteiger partial charge in [0.25, 0.3) is 0 Å². The Bertz CT molecular complexity index is 663. The van der Waals surface area contributed by atoms with Crippen molar-refractivity contribution < 1.29 is 39.6 Å². The number of hydrogen-bond donors (Lipinski definition) is 4. The van der Waals surface area contributed by atoms with Crippen LogP contribution in [0.2, 0.25) is 0 Å². The lowest BCUT2D eigenvalue weighted by molar-refractivity contribution is -0.138. The fourth-order valence-corrected chi connectivity index (χ4v) is 5.74. The monoisotopic (exact) mass is 556 g/mol. The Morgan fingerprint density at radius 1 is 0.385 bits per heavy atom. The second kappa shape index (κ2) is 24.9. The summed E-state index contributed by atoms with van der Waals surface area (Å²) in [6, 6.07) is 0. The van der Waals surface area contributed by atoms with Crippen LogP contribution < -0.4 is 0 Å². The second-order valence-electron chi connectivity index (χ2n) is 11.5. The predicted octanol–water partition coefficient (Wildman–Crippen LogP) is 8.17. The maximum Gasteiger partial charge on any atom is 0.303 e. The maximum absolute atomic E-state index is 11.1. The van der Waals surface area contributed by atoms with Crippen molar-refractivity contribution in [2.75, 3.05) is 0 Å². The summed E-state index contributed by atoms with van der Waals surface area (Å²) in [6.45, 7) is 2.16. The topological polar surface area (TPSA) is 149 Å². The Labute approximate surface area is 236 Å². The molecular weight excluding hydrogens is 500 g/mol. The molecule has 0 aliphatic carbocycles. The first kappa shape index (κ1) is 36.9. The van der Waals surface area contributed by atoms with Gasteiger partial charge in [0.15, 0.2) is 0 Å². The fraction of sp³-hybridized carbons (Fsp3) is 0.871. The van der Waals surface area contributed by atoms with E-state index in [4.69, 9.17) is 20.4 Å². The zero-order valence-corrected chi connectivity index (χ0v) is 24.4. The molecule has 0 aliphatic heterocycles. The Morgan fingerprint density at radius 3 is 1.13 bits per heavy atom. The first-order chi connectivity index (χ1) is 18.6. The van der Waals surface area contributed by atoms with Gasteiger partial charge in [0.05, 0.1) is 0 Å². The summed E-state index contributed by atoms with van der Waals surface area (Å²) in [5.41, 5.74) is 0. The van der Waals surface area contributed by atoms with E-state index < -0.39 is 23.9 Å². The van der Waals surface area contributed by atoms with E-state index in [9.17, 15) is 19.2 Å². The molecule has 228 valence electrons. The maximum atomic E-state index is 11.1. The van der Waals surface area contributed by atoms with Crippen molar-refractivity contribution in [1.82, 2.24) is 0 Å². The summed E-state index contributed by atoms with van der Waals surface area (Å²) < 4.78 is 0. The van der Waals surface area contributed by atoms with Gasteiger partial charge in [-0.2, -0.15) is 0 Å². The molecule has 0 rings (SSSR count). The number of carboxylic acid groups (broad SMARTS) is 4. The van der Waals surface area contributed by atoms with E-state index in [1.807, 2.05) is 0 Å². The average Bonchev–Trinajstić information content (AvgIpc) is 2.85. The lowest BCUT2D eigenvalue weighted by atomic mass is 9.83. The lowest BCUT2D eigenvalue weighted by Gasteiger charge is -2.23. The van der Waals surface area contributed by atoms with Crippen LogP contribution in [0.15, 0.2) is 0 Å². The summed E-state index contributed by atoms with van der Waals surface area (Å²) >= 11 is 0. The first-order valence-electron chi connectivity index (χ1n) is 15.5. The molecule has 3 unspecified atom stereocenters. The number of carbonyl (C=O) groups is 4. The van der Waals surface area contributed by atoms with Gasteiger partial charge in [0, 0.05) is 25.7 Å². The third kappa shape index (κ3) is 25.9. The van der Waals surface area contributed by atoms with Gasteiger partial charge in [-0.25, -0.2) is 0 Å². The van der Waals surface area contributed by atoms with E-state index in [0.717, 1.165) is 103 Å². The van der Waals surface area contributed by atoms with E-state index in [2.05, 4.69) is 6.92 Å². The molecule has 0 radical (unpaired) electrons. The summed E-state index contributed by atoms with van der Waals surface area (Å²) in [7, 11) is 0. The van der Waals surface area contributed by atoms with Crippen LogP contribution >= 0.6 is 0 Å². The molecule has 4 N–H and O–H groups in total. The molecule has 8 nitrogen and oxygen atoms in total. The Hall–Kier alpha value is -2.12. The first-order valence-corrected chi connectivity index (χ1v) is 15.5. The molecule has 0 saturated heterocycles. The van der Waals surface area contributed by atoms with E-state index in [-0.39, 0.29) is 25.7 Å². The van der Waals surface area contributed by atoms with Crippen LogP contribution in [0.1, 0.15) is 155 Å². The largest absolute Gasteiger partial charge is 0.481 e. The SMILES string of the molecule is CCCC(CCCC(=O)O)CCC(CCCC(=O)O)CCCC(CCCCCCCC(=O)O)CCCC(=O)O. The Morgan fingerprint density at radius 2 is 0.692 bits per heavy atom. The van der Waals surface area contributed by atoms with Crippen LogP contribution in [-0.2, 0) is 19.2 Å². The summed E-state index contributed by atoms with van der Waals surface area (Å²) in [5.74, 6) is -1.51. The van der Waals surface area contributed by atoms with E-state index >= 15 is 0 Å². The van der Waals surface area contributed by atoms with E-state index in [0.29, 0.717) is 37.0 Å². The second-order valence-corrected chi connectivity index (χ2v) is 11.5.